The summed E-state index contributed by atoms with van der Waals surface area (Å²) in [5.41, 5.74) is 1.61. The summed E-state index contributed by atoms with van der Waals surface area (Å²) in [5.74, 6) is 0.0442. The van der Waals surface area contributed by atoms with Crippen molar-refractivity contribution < 1.29 is 9.59 Å². The van der Waals surface area contributed by atoms with Crippen molar-refractivity contribution in [2.24, 2.45) is 0 Å². The van der Waals surface area contributed by atoms with E-state index in [1.54, 1.807) is 0 Å². The van der Waals surface area contributed by atoms with Gasteiger partial charge in [0.2, 0.25) is 5.91 Å². The Morgan fingerprint density at radius 3 is 1.96 bits per heavy atom. The number of rotatable bonds is 10. The molecule has 0 fully saturated rings. The molecule has 0 aliphatic carbocycles. The standard InChI is InChI=1S/C19H32N4O2.C2H6/c1-6-18(24)20-15-16-8-7-9-17(14-16)19(25)23(12-10-21(2)3)13-11-22(4)5;1-2/h7-9,14H,6,10-13,15H2,1-5H3,(H,20,24);1-2H3. The first kappa shape index (κ1) is 25.1. The predicted octanol–water partition coefficient (Wildman–Crippen LogP) is 2.30. The van der Waals surface area contributed by atoms with Crippen LogP contribution in [0.15, 0.2) is 24.3 Å². The first-order valence-corrected chi connectivity index (χ1v) is 9.77. The van der Waals surface area contributed by atoms with Gasteiger partial charge in [0, 0.05) is 44.7 Å². The maximum Gasteiger partial charge on any atom is 0.253 e. The molecular formula is C21H38N4O2. The van der Waals surface area contributed by atoms with Crippen molar-refractivity contribution in [2.75, 3.05) is 54.4 Å². The molecule has 0 saturated carbocycles. The molecule has 0 aliphatic heterocycles. The van der Waals surface area contributed by atoms with Crippen LogP contribution in [-0.2, 0) is 11.3 Å². The lowest BCUT2D eigenvalue weighted by Crippen LogP contribution is -2.40. The summed E-state index contributed by atoms with van der Waals surface area (Å²) in [6, 6.07) is 7.51. The Bertz CT molecular complexity index is 547. The molecule has 6 heteroatoms. The van der Waals surface area contributed by atoms with Crippen molar-refractivity contribution in [1.29, 1.82) is 0 Å². The molecule has 0 unspecified atom stereocenters. The van der Waals surface area contributed by atoms with Gasteiger partial charge in [-0.1, -0.05) is 32.9 Å². The average Bonchev–Trinajstić information content (AvgIpc) is 2.67. The zero-order chi connectivity index (χ0) is 20.8. The van der Waals surface area contributed by atoms with Crippen LogP contribution in [-0.4, -0.2) is 80.9 Å². The van der Waals surface area contributed by atoms with Crippen LogP contribution in [0.2, 0.25) is 0 Å². The van der Waals surface area contributed by atoms with Gasteiger partial charge in [-0.3, -0.25) is 9.59 Å². The second kappa shape index (κ2) is 14.2. The summed E-state index contributed by atoms with van der Waals surface area (Å²) >= 11 is 0. The first-order valence-electron chi connectivity index (χ1n) is 9.77. The third-order valence-electron chi connectivity index (χ3n) is 3.91. The Kier molecular flexibility index (Phi) is 13.2. The van der Waals surface area contributed by atoms with Crippen molar-refractivity contribution in [3.05, 3.63) is 35.4 Å². The molecule has 0 spiro atoms. The van der Waals surface area contributed by atoms with E-state index in [4.69, 9.17) is 0 Å². The lowest BCUT2D eigenvalue weighted by molar-refractivity contribution is -0.120. The number of hydrogen-bond donors (Lipinski definition) is 1. The van der Waals surface area contributed by atoms with Gasteiger partial charge in [0.25, 0.3) is 5.91 Å². The Hall–Kier alpha value is -1.92. The molecule has 0 atom stereocenters. The number of amides is 2. The average molecular weight is 379 g/mol. The fraction of sp³-hybridized carbons (Fsp3) is 0.619. The lowest BCUT2D eigenvalue weighted by atomic mass is 10.1. The quantitative estimate of drug-likeness (QED) is 0.679. The van der Waals surface area contributed by atoms with Crippen LogP contribution in [0.25, 0.3) is 0 Å². The van der Waals surface area contributed by atoms with Crippen molar-refractivity contribution >= 4 is 11.8 Å². The second-order valence-corrected chi connectivity index (χ2v) is 6.73. The van der Waals surface area contributed by atoms with Crippen LogP contribution >= 0.6 is 0 Å². The summed E-state index contributed by atoms with van der Waals surface area (Å²) in [6.45, 7) is 9.30. The number of likely N-dealkylation sites (N-methyl/N-ethyl adjacent to an activating group) is 2. The molecule has 2 amide bonds. The van der Waals surface area contributed by atoms with E-state index in [0.29, 0.717) is 31.6 Å². The number of carbonyl (C=O) groups excluding carboxylic acids is 2. The molecule has 1 aromatic rings. The molecule has 0 bridgehead atoms. The predicted molar refractivity (Wildman–Crippen MR) is 113 cm³/mol. The monoisotopic (exact) mass is 378 g/mol. The SMILES string of the molecule is CC.CCC(=O)NCc1cccc(C(=O)N(CCN(C)C)CCN(C)C)c1. The van der Waals surface area contributed by atoms with Gasteiger partial charge in [0.15, 0.2) is 0 Å². The fourth-order valence-electron chi connectivity index (χ4n) is 2.28. The molecule has 0 heterocycles. The highest BCUT2D eigenvalue weighted by molar-refractivity contribution is 5.94. The maximum atomic E-state index is 12.9. The van der Waals surface area contributed by atoms with Gasteiger partial charge in [-0.05, 0) is 45.9 Å². The number of carbonyl (C=O) groups is 2. The Balaban J connectivity index is 0.00000326. The molecule has 1 rings (SSSR count). The van der Waals surface area contributed by atoms with Gasteiger partial charge in [-0.2, -0.15) is 0 Å². The first-order chi connectivity index (χ1) is 12.8. The molecule has 27 heavy (non-hydrogen) atoms. The molecule has 1 aromatic carbocycles. The molecule has 0 aromatic heterocycles. The van der Waals surface area contributed by atoms with Crippen LogP contribution in [0.3, 0.4) is 0 Å². The van der Waals surface area contributed by atoms with E-state index in [-0.39, 0.29) is 11.8 Å². The number of hydrogen-bond acceptors (Lipinski definition) is 4. The van der Waals surface area contributed by atoms with E-state index in [1.807, 2.05) is 78.1 Å². The van der Waals surface area contributed by atoms with Gasteiger partial charge in [0.1, 0.15) is 0 Å². The molecular weight excluding hydrogens is 340 g/mol. The highest BCUT2D eigenvalue weighted by Crippen LogP contribution is 2.09. The van der Waals surface area contributed by atoms with Crippen LogP contribution in [0, 0.1) is 0 Å². The summed E-state index contributed by atoms with van der Waals surface area (Å²) in [5, 5.41) is 2.85. The van der Waals surface area contributed by atoms with Crippen molar-refractivity contribution in [1.82, 2.24) is 20.0 Å². The van der Waals surface area contributed by atoms with Crippen molar-refractivity contribution in [2.45, 2.75) is 33.7 Å². The molecule has 154 valence electrons. The summed E-state index contributed by atoms with van der Waals surface area (Å²) < 4.78 is 0. The minimum atomic E-state index is 0.00956. The van der Waals surface area contributed by atoms with Crippen LogP contribution < -0.4 is 5.32 Å². The van der Waals surface area contributed by atoms with Gasteiger partial charge in [-0.15, -0.1) is 0 Å². The van der Waals surface area contributed by atoms with Gasteiger partial charge in [-0.25, -0.2) is 0 Å². The van der Waals surface area contributed by atoms with E-state index in [1.165, 1.54) is 0 Å². The van der Waals surface area contributed by atoms with Crippen molar-refractivity contribution in [3.8, 4) is 0 Å². The third kappa shape index (κ3) is 10.7. The fourth-order valence-corrected chi connectivity index (χ4v) is 2.28. The van der Waals surface area contributed by atoms with Gasteiger partial charge in [0.05, 0.1) is 0 Å². The lowest BCUT2D eigenvalue weighted by Gasteiger charge is -2.26. The van der Waals surface area contributed by atoms with E-state index in [0.717, 1.165) is 18.7 Å². The third-order valence-corrected chi connectivity index (χ3v) is 3.91. The molecule has 1 N–H and O–H groups in total. The normalized spacial score (nSPS) is 10.4. The molecule has 0 radical (unpaired) electrons. The highest BCUT2D eigenvalue weighted by atomic mass is 16.2. The van der Waals surface area contributed by atoms with Gasteiger partial charge < -0.3 is 20.0 Å². The highest BCUT2D eigenvalue weighted by Gasteiger charge is 2.16. The van der Waals surface area contributed by atoms with E-state index >= 15 is 0 Å². The largest absolute Gasteiger partial charge is 0.352 e. The topological polar surface area (TPSA) is 55.9 Å². The van der Waals surface area contributed by atoms with Crippen LogP contribution in [0.4, 0.5) is 0 Å². The summed E-state index contributed by atoms with van der Waals surface area (Å²) in [4.78, 5) is 30.4. The summed E-state index contributed by atoms with van der Waals surface area (Å²) in [7, 11) is 8.02. The Morgan fingerprint density at radius 2 is 1.48 bits per heavy atom. The van der Waals surface area contributed by atoms with E-state index < -0.39 is 0 Å². The maximum absolute atomic E-state index is 12.9. The number of benzene rings is 1. The summed E-state index contributed by atoms with van der Waals surface area (Å²) in [6.07, 6.45) is 0.460. The minimum absolute atomic E-state index is 0.00956. The second-order valence-electron chi connectivity index (χ2n) is 6.73. The van der Waals surface area contributed by atoms with E-state index in [2.05, 4.69) is 15.1 Å². The zero-order valence-electron chi connectivity index (χ0n) is 18.2. The van der Waals surface area contributed by atoms with Crippen molar-refractivity contribution in [3.63, 3.8) is 0 Å². The number of nitrogens with one attached hydrogen (secondary N) is 1. The van der Waals surface area contributed by atoms with Gasteiger partial charge >= 0.3 is 0 Å². The molecule has 0 saturated heterocycles. The number of nitrogens with zero attached hydrogens (tertiary/aromatic N) is 3. The minimum Gasteiger partial charge on any atom is -0.352 e. The Morgan fingerprint density at radius 1 is 0.926 bits per heavy atom. The Labute approximate surface area is 165 Å². The van der Waals surface area contributed by atoms with Crippen LogP contribution in [0.5, 0.6) is 0 Å². The molecule has 0 aliphatic rings. The van der Waals surface area contributed by atoms with Crippen LogP contribution in [0.1, 0.15) is 43.1 Å². The smallest absolute Gasteiger partial charge is 0.253 e. The van der Waals surface area contributed by atoms with E-state index in [9.17, 15) is 9.59 Å². The zero-order valence-corrected chi connectivity index (χ0v) is 18.2. The molecule has 6 nitrogen and oxygen atoms in total.